The molecule has 20 heavy (non-hydrogen) atoms. The van der Waals surface area contributed by atoms with Gasteiger partial charge in [0.15, 0.2) is 5.78 Å². The first-order chi connectivity index (χ1) is 9.30. The lowest BCUT2D eigenvalue weighted by Gasteiger charge is -2.19. The Morgan fingerprint density at radius 3 is 2.05 bits per heavy atom. The summed E-state index contributed by atoms with van der Waals surface area (Å²) in [4.78, 5) is 11.3. The van der Waals surface area contributed by atoms with Gasteiger partial charge in [0, 0.05) is 6.42 Å². The van der Waals surface area contributed by atoms with Crippen LogP contribution in [0.1, 0.15) is 53.5 Å². The zero-order chi connectivity index (χ0) is 15.8. The fraction of sp³-hybridized carbons (Fsp3) is 0.500. The summed E-state index contributed by atoms with van der Waals surface area (Å²) in [6.07, 6.45) is 0.385. The van der Waals surface area contributed by atoms with Gasteiger partial charge in [-0.1, -0.05) is 53.3 Å². The maximum atomic E-state index is 11.3. The molecule has 1 rings (SSSR count). The minimum absolute atomic E-state index is 0.0568. The van der Waals surface area contributed by atoms with Crippen LogP contribution in [0.3, 0.4) is 0 Å². The van der Waals surface area contributed by atoms with Gasteiger partial charge in [0.2, 0.25) is 0 Å². The predicted molar refractivity (Wildman–Crippen MR) is 86.4 cm³/mol. The molecule has 0 N–H and O–H groups in total. The van der Waals surface area contributed by atoms with E-state index in [2.05, 4.69) is 39.5 Å². The van der Waals surface area contributed by atoms with Crippen LogP contribution >= 0.6 is 0 Å². The maximum Gasteiger partial charge on any atom is 0.161 e. The first kappa shape index (κ1) is 18.4. The molecule has 0 aliphatic heterocycles. The third-order valence-electron chi connectivity index (χ3n) is 2.79. The van der Waals surface area contributed by atoms with E-state index in [1.807, 2.05) is 26.0 Å². The van der Waals surface area contributed by atoms with Gasteiger partial charge < -0.3 is 4.74 Å². The second-order valence-corrected chi connectivity index (χ2v) is 5.58. The molecule has 0 aliphatic rings. The second-order valence-electron chi connectivity index (χ2n) is 5.58. The second kappa shape index (κ2) is 8.57. The van der Waals surface area contributed by atoms with Gasteiger partial charge in [-0.25, -0.2) is 0 Å². The summed E-state index contributed by atoms with van der Waals surface area (Å²) in [6, 6.07) is 8.03. The Bertz CT molecular complexity index is 422. The number of allylic oxidation sites excluding steroid dienone is 1. The van der Waals surface area contributed by atoms with Crippen LogP contribution in [0, 0.1) is 0 Å². The topological polar surface area (TPSA) is 26.3 Å². The molecule has 1 aromatic carbocycles. The van der Waals surface area contributed by atoms with Gasteiger partial charge in [-0.15, -0.1) is 0 Å². The molecule has 112 valence electrons. The first-order valence-electron chi connectivity index (χ1n) is 7.23. The van der Waals surface area contributed by atoms with Crippen LogP contribution in [0.15, 0.2) is 36.4 Å². The monoisotopic (exact) mass is 276 g/mol. The molecule has 0 heterocycles. The van der Waals surface area contributed by atoms with E-state index in [9.17, 15) is 4.79 Å². The highest BCUT2D eigenvalue weighted by Crippen LogP contribution is 2.24. The van der Waals surface area contributed by atoms with Crippen molar-refractivity contribution in [3.63, 3.8) is 0 Å². The molecule has 0 aromatic heterocycles. The standard InChI is InChI=1S/C16H22O2.C2H6/c1-12(2)15(17)10-11-18-14-8-6-13(7-9-14)16(3,4)5;1-2/h6-9H,1,10-11H2,2-5H3;1-2H3. The van der Waals surface area contributed by atoms with Gasteiger partial charge in [-0.3, -0.25) is 4.79 Å². The molecule has 0 atom stereocenters. The van der Waals surface area contributed by atoms with E-state index in [4.69, 9.17) is 4.74 Å². The number of carbonyl (C=O) groups is 1. The molecule has 0 spiro atoms. The Balaban J connectivity index is 0.00000172. The molecular weight excluding hydrogens is 248 g/mol. The molecular formula is C18H28O2. The molecule has 1 aromatic rings. The highest BCUT2D eigenvalue weighted by atomic mass is 16.5. The first-order valence-corrected chi connectivity index (χ1v) is 7.23. The highest BCUT2D eigenvalue weighted by molar-refractivity contribution is 5.94. The average molecular weight is 276 g/mol. The Kier molecular flexibility index (Phi) is 7.90. The number of carbonyl (C=O) groups excluding carboxylic acids is 1. The Morgan fingerprint density at radius 1 is 1.15 bits per heavy atom. The molecule has 2 nitrogen and oxygen atoms in total. The van der Waals surface area contributed by atoms with Crippen molar-refractivity contribution in [2.24, 2.45) is 0 Å². The summed E-state index contributed by atoms with van der Waals surface area (Å²) in [7, 11) is 0. The third-order valence-corrected chi connectivity index (χ3v) is 2.79. The predicted octanol–water partition coefficient (Wildman–Crippen LogP) is 4.92. The van der Waals surface area contributed by atoms with E-state index < -0.39 is 0 Å². The normalized spacial score (nSPS) is 10.3. The van der Waals surface area contributed by atoms with Crippen LogP contribution in [0.25, 0.3) is 0 Å². The number of benzene rings is 1. The summed E-state index contributed by atoms with van der Waals surface area (Å²) < 4.78 is 5.53. The van der Waals surface area contributed by atoms with Gasteiger partial charge in [-0.2, -0.15) is 0 Å². The number of ketones is 1. The quantitative estimate of drug-likeness (QED) is 0.713. The van der Waals surface area contributed by atoms with Crippen molar-refractivity contribution in [2.45, 2.75) is 53.4 Å². The molecule has 0 saturated carbocycles. The lowest BCUT2D eigenvalue weighted by molar-refractivity contribution is -0.115. The van der Waals surface area contributed by atoms with Crippen LogP contribution < -0.4 is 4.74 Å². The fourth-order valence-corrected chi connectivity index (χ4v) is 1.53. The van der Waals surface area contributed by atoms with Crippen molar-refractivity contribution in [3.8, 4) is 5.75 Å². The Labute approximate surface area is 123 Å². The van der Waals surface area contributed by atoms with Crippen LogP contribution in [0.4, 0.5) is 0 Å². The van der Waals surface area contributed by atoms with Gasteiger partial charge in [0.1, 0.15) is 5.75 Å². The molecule has 0 fully saturated rings. The van der Waals surface area contributed by atoms with Crippen molar-refractivity contribution in [3.05, 3.63) is 42.0 Å². The zero-order valence-corrected chi connectivity index (χ0v) is 13.7. The van der Waals surface area contributed by atoms with Crippen molar-refractivity contribution in [1.82, 2.24) is 0 Å². The molecule has 0 amide bonds. The summed E-state index contributed by atoms with van der Waals surface area (Å²) in [6.45, 7) is 16.3. The van der Waals surface area contributed by atoms with E-state index in [-0.39, 0.29) is 11.2 Å². The van der Waals surface area contributed by atoms with Gasteiger partial charge in [0.25, 0.3) is 0 Å². The summed E-state index contributed by atoms with van der Waals surface area (Å²) in [5.74, 6) is 0.860. The van der Waals surface area contributed by atoms with Crippen LogP contribution in [-0.4, -0.2) is 12.4 Å². The third kappa shape index (κ3) is 6.55. The smallest absolute Gasteiger partial charge is 0.161 e. The van der Waals surface area contributed by atoms with Crippen LogP contribution in [0.5, 0.6) is 5.75 Å². The van der Waals surface area contributed by atoms with E-state index in [1.165, 1.54) is 5.56 Å². The molecule has 0 radical (unpaired) electrons. The Morgan fingerprint density at radius 2 is 1.65 bits per heavy atom. The van der Waals surface area contributed by atoms with Crippen molar-refractivity contribution < 1.29 is 9.53 Å². The number of hydrogen-bond acceptors (Lipinski definition) is 2. The Hall–Kier alpha value is -1.57. The molecule has 0 unspecified atom stereocenters. The maximum absolute atomic E-state index is 11.3. The number of rotatable bonds is 5. The van der Waals surface area contributed by atoms with E-state index in [1.54, 1.807) is 6.92 Å². The summed E-state index contributed by atoms with van der Waals surface area (Å²) >= 11 is 0. The van der Waals surface area contributed by atoms with Gasteiger partial charge >= 0.3 is 0 Å². The minimum atomic E-state index is 0.0568. The van der Waals surface area contributed by atoms with E-state index >= 15 is 0 Å². The zero-order valence-electron chi connectivity index (χ0n) is 13.7. The van der Waals surface area contributed by atoms with Gasteiger partial charge in [0.05, 0.1) is 6.61 Å². The lowest BCUT2D eigenvalue weighted by Crippen LogP contribution is -2.11. The molecule has 0 saturated heterocycles. The van der Waals surface area contributed by atoms with Gasteiger partial charge in [-0.05, 0) is 35.6 Å². The van der Waals surface area contributed by atoms with Crippen molar-refractivity contribution in [2.75, 3.05) is 6.61 Å². The van der Waals surface area contributed by atoms with Crippen LogP contribution in [0.2, 0.25) is 0 Å². The fourth-order valence-electron chi connectivity index (χ4n) is 1.53. The number of ether oxygens (including phenoxy) is 1. The summed E-state index contributed by atoms with van der Waals surface area (Å²) in [5, 5.41) is 0. The lowest BCUT2D eigenvalue weighted by atomic mass is 9.87. The average Bonchev–Trinajstić information content (AvgIpc) is 2.40. The number of hydrogen-bond donors (Lipinski definition) is 0. The molecule has 0 aliphatic carbocycles. The summed E-state index contributed by atoms with van der Waals surface area (Å²) in [5.41, 5.74) is 2.00. The largest absolute Gasteiger partial charge is 0.493 e. The SMILES string of the molecule is C=C(C)C(=O)CCOc1ccc(C(C)(C)C)cc1.CC. The molecule has 0 bridgehead atoms. The number of Topliss-reactive ketones (excluding diaryl/α,β-unsaturated/α-hetero) is 1. The van der Waals surface area contributed by atoms with Crippen LogP contribution in [-0.2, 0) is 10.2 Å². The van der Waals surface area contributed by atoms with E-state index in [0.717, 1.165) is 5.75 Å². The van der Waals surface area contributed by atoms with E-state index in [0.29, 0.717) is 18.6 Å². The van der Waals surface area contributed by atoms with Crippen molar-refractivity contribution >= 4 is 5.78 Å². The van der Waals surface area contributed by atoms with Crippen molar-refractivity contribution in [1.29, 1.82) is 0 Å². The highest BCUT2D eigenvalue weighted by Gasteiger charge is 2.12. The molecule has 2 heteroatoms. The minimum Gasteiger partial charge on any atom is -0.493 e.